The van der Waals surface area contributed by atoms with Gasteiger partial charge >= 0.3 is 232 Å². The Labute approximate surface area is 614 Å². The van der Waals surface area contributed by atoms with Gasteiger partial charge in [0.1, 0.15) is 11.6 Å². The standard InChI is InChI=1S/C76H86IN18O9/c1-42-39-100-25-24-95(42)76-86-67-57(70(89-76)92-34-46-27-53(35-92)101-40-46)20-23-60(81-67)49-14-11-17-52(30-49)73(98)83-62-31-54-36-93(38-64(62)104-54)69-56-19-22-59(80-66(56)85-75(88-69)94-32-44(3)102-45(4)33-94)48-13-10-16-51(29-48)72(97)82-61-26-43(2)103-63(61)37-90(6)68-55-18-21-58(47-12-9-15-50(28-47)71(96)78-5)79-65(55)84-74(87-68)91(7)41-77-99-8/h9-23,28-30,42-46,53-54,61-64H,24-27,31-41H2,1-8H3,(H,78,96)(H,82,97)(H,83,98)/q-1/t42-,43?,44-,45+,46?,53?,54?,61?,62?,63?,64?/m0/s1. The van der Waals surface area contributed by atoms with Crippen molar-refractivity contribution < 1.29 is 62.8 Å². The van der Waals surface area contributed by atoms with E-state index in [4.69, 9.17) is 71.6 Å². The summed E-state index contributed by atoms with van der Waals surface area (Å²) >= 11 is -0.590. The average molecular weight is 1520 g/mol. The molecule has 0 spiro atoms. The molecule has 28 heteroatoms. The number of nitrogens with one attached hydrogen (secondary N) is 3. The number of pyridine rings is 3. The molecule has 0 saturated carbocycles. The Morgan fingerprint density at radius 1 is 0.558 bits per heavy atom. The summed E-state index contributed by atoms with van der Waals surface area (Å²) in [6, 6.07) is 33.9. The fraction of sp³-hybridized carbons (Fsp3) is 0.447. The molecule has 16 rings (SSSR count). The third kappa shape index (κ3) is 14.3. The Balaban J connectivity index is 0.623. The second-order valence-electron chi connectivity index (χ2n) is 28.6. The van der Waals surface area contributed by atoms with Crippen molar-refractivity contribution >= 4 is 86.1 Å². The summed E-state index contributed by atoms with van der Waals surface area (Å²) < 4.78 is 37.5. The van der Waals surface area contributed by atoms with Crippen LogP contribution in [0.15, 0.2) is 109 Å². The summed E-state index contributed by atoms with van der Waals surface area (Å²) in [7, 11) is 7.22. The number of halogens is 1. The van der Waals surface area contributed by atoms with E-state index in [1.807, 2.05) is 128 Å². The Morgan fingerprint density at radius 3 is 1.77 bits per heavy atom. The van der Waals surface area contributed by atoms with E-state index < -0.39 is 27.7 Å². The van der Waals surface area contributed by atoms with Gasteiger partial charge < -0.3 is 43.9 Å². The Hall–Kier alpha value is -9.17. The van der Waals surface area contributed by atoms with E-state index in [0.717, 1.165) is 70.6 Å². The molecule has 27 nitrogen and oxygen atoms in total. The quantitative estimate of drug-likeness (QED) is 0.0576. The number of alkyl halides is 1. The first-order valence-corrected chi connectivity index (χ1v) is 38.4. The minimum absolute atomic E-state index is 0.0542. The number of fused-ring (bicyclic) bond motifs is 7. The topological polar surface area (TPSA) is 278 Å². The molecule has 7 saturated heterocycles. The number of hydrogen-bond acceptors (Lipinski definition) is 24. The molecule has 3 amide bonds. The normalized spacial score (nSPS) is 24.6. The van der Waals surface area contributed by atoms with Crippen molar-refractivity contribution in [2.24, 2.45) is 5.92 Å². The predicted molar refractivity (Wildman–Crippen MR) is 392 cm³/mol. The van der Waals surface area contributed by atoms with E-state index in [2.05, 4.69) is 62.4 Å². The van der Waals surface area contributed by atoms with Gasteiger partial charge in [0.05, 0.1) is 84.6 Å². The molecule has 7 fully saturated rings. The van der Waals surface area contributed by atoms with E-state index in [9.17, 15) is 14.4 Å². The summed E-state index contributed by atoms with van der Waals surface area (Å²) in [6.45, 7) is 15.2. The molecule has 4 bridgehead atoms. The van der Waals surface area contributed by atoms with Crippen LogP contribution in [0.1, 0.15) is 78.0 Å². The summed E-state index contributed by atoms with van der Waals surface area (Å²) in [4.78, 5) is 101. The van der Waals surface area contributed by atoms with E-state index in [1.54, 1.807) is 20.2 Å². The van der Waals surface area contributed by atoms with Crippen molar-refractivity contribution in [2.45, 2.75) is 108 Å². The molecule has 3 aromatic carbocycles. The number of hydrogen-bond donors (Lipinski definition) is 3. The van der Waals surface area contributed by atoms with E-state index in [1.165, 1.54) is 0 Å². The summed E-state index contributed by atoms with van der Waals surface area (Å²) in [5.74, 6) is 3.78. The average Bonchev–Trinajstić information content (AvgIpc) is 1.40. The summed E-state index contributed by atoms with van der Waals surface area (Å²) in [5, 5.41) is 11.8. The zero-order valence-corrected chi connectivity index (χ0v) is 61.8. The second-order valence-corrected chi connectivity index (χ2v) is 30.8. The van der Waals surface area contributed by atoms with Crippen LogP contribution in [0.2, 0.25) is 0 Å². The van der Waals surface area contributed by atoms with Crippen LogP contribution in [0.3, 0.4) is 0 Å². The molecule has 0 radical (unpaired) electrons. The van der Waals surface area contributed by atoms with Gasteiger partial charge in [0.25, 0.3) is 5.91 Å². The first kappa shape index (κ1) is 69.2. The molecule has 11 atom stereocenters. The van der Waals surface area contributed by atoms with Gasteiger partial charge in [-0.15, -0.1) is 0 Å². The number of piperidine rings is 1. The maximum absolute atomic E-state index is 14.6. The van der Waals surface area contributed by atoms with Crippen molar-refractivity contribution in [2.75, 3.05) is 134 Å². The van der Waals surface area contributed by atoms with Gasteiger partial charge in [-0.3, -0.25) is 4.79 Å². The van der Waals surface area contributed by atoms with Crippen LogP contribution in [-0.2, 0) is 26.8 Å². The van der Waals surface area contributed by atoms with Gasteiger partial charge in [0, 0.05) is 75.5 Å². The van der Waals surface area contributed by atoms with Crippen LogP contribution in [0.5, 0.6) is 0 Å². The van der Waals surface area contributed by atoms with Crippen LogP contribution in [0, 0.1) is 5.92 Å². The maximum atomic E-state index is 14.6. The van der Waals surface area contributed by atoms with Crippen molar-refractivity contribution in [3.05, 3.63) is 126 Å². The number of amides is 3. The first-order valence-electron chi connectivity index (χ1n) is 35.9. The SMILES string of the molecule is CNC(=O)c1cccc(-c2ccc3c(N(C)CC4OC(C)CC4NC(=O)c4cccc(-c5ccc6c(N7CC8CC(NC(=O)c9cccc(-c%10ccc%11c(N%12CC%13COC(C%13)C%12)nc(N%12CCOC[C@@H]%12C)nc%11n%10)c9)C(C7)O8)nc(N7C[C@@H](C)O[C@@H](C)C7)nc6n5)c4)nc(N(C)C[I-]OC)nc3n2)c1. The fourth-order valence-corrected chi connectivity index (χ4v) is 16.8. The number of morpholine rings is 3. The number of aromatic nitrogens is 9. The fourth-order valence-electron chi connectivity index (χ4n) is 15.8. The Morgan fingerprint density at radius 2 is 1.14 bits per heavy atom. The number of likely N-dealkylation sites (N-methyl/N-ethyl adjacent to an activating group) is 1. The molecule has 0 aliphatic carbocycles. The van der Waals surface area contributed by atoms with Gasteiger partial charge in [-0.1, -0.05) is 24.3 Å². The third-order valence-corrected chi connectivity index (χ3v) is 22.7. The molecule has 7 aliphatic rings. The summed E-state index contributed by atoms with van der Waals surface area (Å²) in [5.41, 5.74) is 7.47. The zero-order valence-electron chi connectivity index (χ0n) is 59.6. The molecule has 8 unspecified atom stereocenters. The van der Waals surface area contributed by atoms with Crippen LogP contribution in [-0.4, -0.2) is 228 Å². The van der Waals surface area contributed by atoms with Gasteiger partial charge in [-0.2, -0.15) is 19.9 Å². The number of carbonyl (C=O) groups excluding carboxylic acids is 3. The molecule has 13 heterocycles. The van der Waals surface area contributed by atoms with Gasteiger partial charge in [0.2, 0.25) is 11.9 Å². The molecule has 7 aliphatic heterocycles. The minimum atomic E-state index is -0.590. The van der Waals surface area contributed by atoms with E-state index >= 15 is 0 Å². The molecule has 3 N–H and O–H groups in total. The van der Waals surface area contributed by atoms with Crippen molar-refractivity contribution in [1.29, 1.82) is 0 Å². The number of ether oxygens (including phenoxy) is 5. The van der Waals surface area contributed by atoms with Gasteiger partial charge in [-0.05, 0) is 82.1 Å². The van der Waals surface area contributed by atoms with Crippen molar-refractivity contribution in [1.82, 2.24) is 60.8 Å². The Bertz CT molecular complexity index is 4730. The number of nitrogens with zero attached hydrogens (tertiary/aromatic N) is 15. The van der Waals surface area contributed by atoms with E-state index in [0.29, 0.717) is 150 Å². The number of rotatable bonds is 19. The second kappa shape index (κ2) is 29.4. The molecule has 9 aromatic rings. The van der Waals surface area contributed by atoms with E-state index in [-0.39, 0.29) is 72.5 Å². The molecule has 6 aromatic heterocycles. The first-order chi connectivity index (χ1) is 50.5. The zero-order chi connectivity index (χ0) is 71.4. The van der Waals surface area contributed by atoms with Crippen LogP contribution < -0.4 is 67.0 Å². The summed E-state index contributed by atoms with van der Waals surface area (Å²) in [6.07, 6.45) is 1.33. The third-order valence-electron chi connectivity index (χ3n) is 20.8. The predicted octanol–water partition coefficient (Wildman–Crippen LogP) is 4.36. The Kier molecular flexibility index (Phi) is 19.6. The number of anilines is 6. The molecular formula is C76H86IN18O9-. The monoisotopic (exact) mass is 1520 g/mol. The molecular weight excluding hydrogens is 1440 g/mol. The number of benzene rings is 3. The molecule has 542 valence electrons. The van der Waals surface area contributed by atoms with Crippen molar-refractivity contribution in [3.8, 4) is 33.8 Å². The van der Waals surface area contributed by atoms with Crippen LogP contribution in [0.25, 0.3) is 66.9 Å². The molecule has 104 heavy (non-hydrogen) atoms. The van der Waals surface area contributed by atoms with Crippen LogP contribution in [0.4, 0.5) is 35.3 Å². The van der Waals surface area contributed by atoms with Crippen molar-refractivity contribution in [3.63, 3.8) is 0 Å². The van der Waals surface area contributed by atoms with Gasteiger partial charge in [-0.25, -0.2) is 9.97 Å². The van der Waals surface area contributed by atoms with Gasteiger partial charge in [0.15, 0.2) is 11.3 Å². The number of carbonyl (C=O) groups is 3. The van der Waals surface area contributed by atoms with Crippen LogP contribution >= 0.6 is 0 Å².